The van der Waals surface area contributed by atoms with Crippen molar-refractivity contribution in [2.45, 2.75) is 13.0 Å². The Morgan fingerprint density at radius 3 is 2.73 bits per heavy atom. The first-order chi connectivity index (χ1) is 7.22. The Morgan fingerprint density at radius 2 is 2.27 bits per heavy atom. The molecule has 0 aliphatic carbocycles. The number of hydrazine groups is 1. The van der Waals surface area contributed by atoms with Gasteiger partial charge in [-0.3, -0.25) is 5.84 Å². The van der Waals surface area contributed by atoms with Crippen molar-refractivity contribution in [3.05, 3.63) is 41.8 Å². The minimum absolute atomic E-state index is 0.121. The monoisotopic (exact) mass is 350 g/mol. The topological polar surface area (TPSA) is 38.0 Å². The van der Waals surface area contributed by atoms with E-state index in [1.807, 2.05) is 0 Å². The average molecular weight is 350 g/mol. The van der Waals surface area contributed by atoms with Crippen LogP contribution in [0.4, 0.5) is 0 Å². The summed E-state index contributed by atoms with van der Waals surface area (Å²) in [6.45, 7) is 2.13. The van der Waals surface area contributed by atoms with Gasteiger partial charge in [0, 0.05) is 4.88 Å². The van der Waals surface area contributed by atoms with Crippen LogP contribution >= 0.6 is 45.3 Å². The van der Waals surface area contributed by atoms with Gasteiger partial charge < -0.3 is 0 Å². The van der Waals surface area contributed by atoms with Gasteiger partial charge in [-0.1, -0.05) is 0 Å². The van der Waals surface area contributed by atoms with E-state index in [1.165, 1.54) is 18.9 Å². The van der Waals surface area contributed by atoms with Gasteiger partial charge in [0.2, 0.25) is 0 Å². The quantitative estimate of drug-likeness (QED) is 0.507. The van der Waals surface area contributed by atoms with Gasteiger partial charge in [-0.25, -0.2) is 5.43 Å². The van der Waals surface area contributed by atoms with Crippen molar-refractivity contribution >= 4 is 45.3 Å². The van der Waals surface area contributed by atoms with Crippen LogP contribution in [-0.2, 0) is 0 Å². The molecule has 2 heterocycles. The fourth-order valence-electron chi connectivity index (χ4n) is 1.53. The normalized spacial score (nSPS) is 13.0. The predicted molar refractivity (Wildman–Crippen MR) is 75.3 cm³/mol. The van der Waals surface area contributed by atoms with Gasteiger partial charge in [-0.2, -0.15) is 0 Å². The van der Waals surface area contributed by atoms with E-state index in [1.54, 1.807) is 22.7 Å². The second-order valence-electron chi connectivity index (χ2n) is 3.22. The lowest BCUT2D eigenvalue weighted by molar-refractivity contribution is 0.638. The summed E-state index contributed by atoms with van der Waals surface area (Å²) in [6, 6.07) is 4.43. The summed E-state index contributed by atoms with van der Waals surface area (Å²) in [6.07, 6.45) is 0. The summed E-state index contributed by atoms with van der Waals surface area (Å²) in [5.41, 5.74) is 5.40. The van der Waals surface area contributed by atoms with Crippen LogP contribution < -0.4 is 11.3 Å². The molecule has 0 aliphatic heterocycles. The summed E-state index contributed by atoms with van der Waals surface area (Å²) in [5, 5.41) is 4.26. The Balaban J connectivity index is 2.36. The van der Waals surface area contributed by atoms with E-state index in [0.29, 0.717) is 0 Å². The molecule has 3 N–H and O–H groups in total. The third kappa shape index (κ3) is 2.42. The molecule has 2 aromatic rings. The van der Waals surface area contributed by atoms with Gasteiger partial charge in [0.1, 0.15) is 0 Å². The maximum atomic E-state index is 5.63. The third-order valence-electron chi connectivity index (χ3n) is 2.30. The zero-order chi connectivity index (χ0) is 10.8. The molecule has 2 rings (SSSR count). The summed E-state index contributed by atoms with van der Waals surface area (Å²) in [5.74, 6) is 5.63. The van der Waals surface area contributed by atoms with Crippen molar-refractivity contribution in [3.8, 4) is 0 Å². The Morgan fingerprint density at radius 1 is 1.47 bits per heavy atom. The molecule has 5 heteroatoms. The molecular formula is C10H11IN2S2. The van der Waals surface area contributed by atoms with Crippen LogP contribution in [0.2, 0.25) is 0 Å². The lowest BCUT2D eigenvalue weighted by atomic mass is 10.0. The van der Waals surface area contributed by atoms with E-state index < -0.39 is 0 Å². The summed E-state index contributed by atoms with van der Waals surface area (Å²) in [4.78, 5) is 1.32. The summed E-state index contributed by atoms with van der Waals surface area (Å²) >= 11 is 5.83. The van der Waals surface area contributed by atoms with Crippen molar-refractivity contribution in [3.63, 3.8) is 0 Å². The number of aryl methyl sites for hydroxylation is 1. The van der Waals surface area contributed by atoms with Crippen molar-refractivity contribution in [1.29, 1.82) is 0 Å². The second-order valence-corrected chi connectivity index (χ2v) is 7.14. The number of hydrogen-bond acceptors (Lipinski definition) is 4. The standard InChI is InChI=1S/C10H11IN2S2/c1-6-8(2-3-14-6)10(13-12)7-4-9(11)15-5-7/h2-5,10,13H,12H2,1H3. The summed E-state index contributed by atoms with van der Waals surface area (Å²) in [7, 11) is 0. The molecule has 15 heavy (non-hydrogen) atoms. The summed E-state index contributed by atoms with van der Waals surface area (Å²) < 4.78 is 1.29. The van der Waals surface area contributed by atoms with E-state index >= 15 is 0 Å². The molecule has 0 radical (unpaired) electrons. The SMILES string of the molecule is Cc1sccc1C(NN)c1csc(I)c1. The molecule has 0 bridgehead atoms. The fraction of sp³-hybridized carbons (Fsp3) is 0.200. The van der Waals surface area contributed by atoms with E-state index in [0.717, 1.165) is 0 Å². The number of nitrogens with two attached hydrogens (primary N) is 1. The average Bonchev–Trinajstić information content (AvgIpc) is 2.79. The zero-order valence-corrected chi connectivity index (χ0v) is 11.9. The van der Waals surface area contributed by atoms with E-state index in [2.05, 4.69) is 57.8 Å². The van der Waals surface area contributed by atoms with Crippen LogP contribution in [0.3, 0.4) is 0 Å². The van der Waals surface area contributed by atoms with E-state index in [9.17, 15) is 0 Å². The first-order valence-electron chi connectivity index (χ1n) is 4.46. The molecule has 0 fully saturated rings. The molecule has 1 unspecified atom stereocenters. The van der Waals surface area contributed by atoms with Gasteiger partial charge in [0.05, 0.1) is 8.93 Å². The highest BCUT2D eigenvalue weighted by Crippen LogP contribution is 2.30. The molecule has 0 spiro atoms. The van der Waals surface area contributed by atoms with Crippen LogP contribution in [0.15, 0.2) is 22.9 Å². The van der Waals surface area contributed by atoms with Crippen LogP contribution in [0.1, 0.15) is 22.0 Å². The molecule has 0 aliphatic rings. The Kier molecular flexibility index (Phi) is 3.78. The molecule has 0 saturated carbocycles. The number of thiophene rings is 2. The highest BCUT2D eigenvalue weighted by Gasteiger charge is 2.16. The molecule has 1 atom stereocenters. The first kappa shape index (κ1) is 11.5. The molecule has 2 nitrogen and oxygen atoms in total. The smallest absolute Gasteiger partial charge is 0.0729 e. The van der Waals surface area contributed by atoms with Gasteiger partial charge in [0.15, 0.2) is 0 Å². The van der Waals surface area contributed by atoms with Gasteiger partial charge in [0.25, 0.3) is 0 Å². The van der Waals surface area contributed by atoms with Crippen LogP contribution in [0, 0.1) is 9.81 Å². The molecule has 0 amide bonds. The molecular weight excluding hydrogens is 339 g/mol. The number of hydrogen-bond donors (Lipinski definition) is 2. The Labute approximate surface area is 111 Å². The molecule has 80 valence electrons. The lowest BCUT2D eigenvalue weighted by Gasteiger charge is -2.14. The number of rotatable bonds is 3. The second kappa shape index (κ2) is 4.92. The first-order valence-corrected chi connectivity index (χ1v) is 7.30. The van der Waals surface area contributed by atoms with Gasteiger partial charge in [-0.05, 0) is 63.5 Å². The highest BCUT2D eigenvalue weighted by atomic mass is 127. The fourth-order valence-corrected chi connectivity index (χ4v) is 3.67. The Hall–Kier alpha value is 0.0500. The minimum atomic E-state index is 0.121. The maximum absolute atomic E-state index is 5.63. The van der Waals surface area contributed by atoms with Gasteiger partial charge >= 0.3 is 0 Å². The molecule has 2 aromatic heterocycles. The van der Waals surface area contributed by atoms with Crippen molar-refractivity contribution in [1.82, 2.24) is 5.43 Å². The highest BCUT2D eigenvalue weighted by molar-refractivity contribution is 14.1. The van der Waals surface area contributed by atoms with E-state index in [-0.39, 0.29) is 6.04 Å². The number of nitrogens with one attached hydrogen (secondary N) is 1. The minimum Gasteiger partial charge on any atom is -0.271 e. The van der Waals surface area contributed by atoms with Crippen LogP contribution in [-0.4, -0.2) is 0 Å². The maximum Gasteiger partial charge on any atom is 0.0729 e. The van der Waals surface area contributed by atoms with E-state index in [4.69, 9.17) is 5.84 Å². The largest absolute Gasteiger partial charge is 0.271 e. The number of halogens is 1. The lowest BCUT2D eigenvalue weighted by Crippen LogP contribution is -2.28. The molecule has 0 aromatic carbocycles. The van der Waals surface area contributed by atoms with Crippen molar-refractivity contribution in [2.75, 3.05) is 0 Å². The van der Waals surface area contributed by atoms with Crippen molar-refractivity contribution < 1.29 is 0 Å². The van der Waals surface area contributed by atoms with Crippen molar-refractivity contribution in [2.24, 2.45) is 5.84 Å². The zero-order valence-electron chi connectivity index (χ0n) is 8.16. The van der Waals surface area contributed by atoms with Crippen LogP contribution in [0.5, 0.6) is 0 Å². The Bertz CT molecular complexity index is 450. The predicted octanol–water partition coefficient (Wildman–Crippen LogP) is 3.28. The third-order valence-corrected chi connectivity index (χ3v) is 4.97. The molecule has 0 saturated heterocycles. The van der Waals surface area contributed by atoms with Crippen LogP contribution in [0.25, 0.3) is 0 Å². The van der Waals surface area contributed by atoms with Gasteiger partial charge in [-0.15, -0.1) is 22.7 Å².